The molecule has 0 bridgehead atoms. The lowest BCUT2D eigenvalue weighted by atomic mass is 10.0. The highest BCUT2D eigenvalue weighted by Gasteiger charge is 2.20. The van der Waals surface area contributed by atoms with E-state index < -0.39 is 12.1 Å². The number of aliphatic hydroxyl groups is 2. The van der Waals surface area contributed by atoms with Gasteiger partial charge < -0.3 is 20.3 Å². The zero-order chi connectivity index (χ0) is 44.4. The highest BCUT2D eigenvalue weighted by atomic mass is 16.5. The monoisotopic (exact) mass is 864 g/mol. The number of unbranched alkanes of at least 4 members (excludes halogenated alkanes) is 41. The highest BCUT2D eigenvalue weighted by Crippen LogP contribution is 2.18. The molecule has 61 heavy (non-hydrogen) atoms. The molecule has 0 saturated carbocycles. The van der Waals surface area contributed by atoms with E-state index in [2.05, 4.69) is 19.2 Å². The lowest BCUT2D eigenvalue weighted by molar-refractivity contribution is -0.143. The number of carbonyl (C=O) groups is 2. The number of amides is 1. The van der Waals surface area contributed by atoms with Crippen LogP contribution in [0.2, 0.25) is 0 Å². The molecular weight excluding hydrogens is 755 g/mol. The maximum atomic E-state index is 12.5. The summed E-state index contributed by atoms with van der Waals surface area (Å²) >= 11 is 0. The van der Waals surface area contributed by atoms with Gasteiger partial charge in [-0.3, -0.25) is 9.59 Å². The molecule has 0 radical (unpaired) electrons. The molecule has 1 amide bonds. The van der Waals surface area contributed by atoms with E-state index in [0.29, 0.717) is 25.9 Å². The van der Waals surface area contributed by atoms with Crippen molar-refractivity contribution in [3.05, 3.63) is 0 Å². The molecule has 0 aliphatic carbocycles. The molecule has 2 atom stereocenters. The summed E-state index contributed by atoms with van der Waals surface area (Å²) in [4.78, 5) is 24.5. The van der Waals surface area contributed by atoms with Crippen LogP contribution in [0, 0.1) is 0 Å². The Morgan fingerprint density at radius 1 is 0.393 bits per heavy atom. The summed E-state index contributed by atoms with van der Waals surface area (Å²) in [6.45, 7) is 4.91. The molecule has 0 saturated heterocycles. The van der Waals surface area contributed by atoms with Crippen LogP contribution in [0.5, 0.6) is 0 Å². The van der Waals surface area contributed by atoms with E-state index in [0.717, 1.165) is 57.8 Å². The third kappa shape index (κ3) is 48.2. The zero-order valence-corrected chi connectivity index (χ0v) is 41.4. The fourth-order valence-corrected chi connectivity index (χ4v) is 8.88. The molecule has 0 rings (SSSR count). The summed E-state index contributed by atoms with van der Waals surface area (Å²) in [6, 6.07) is -0.560. The van der Waals surface area contributed by atoms with Crippen LogP contribution in [0.4, 0.5) is 0 Å². The van der Waals surface area contributed by atoms with Crippen molar-refractivity contribution in [1.29, 1.82) is 0 Å². The fourth-order valence-electron chi connectivity index (χ4n) is 8.88. The summed E-state index contributed by atoms with van der Waals surface area (Å²) in [5.41, 5.74) is 0. The van der Waals surface area contributed by atoms with Gasteiger partial charge >= 0.3 is 5.97 Å². The van der Waals surface area contributed by atoms with Crippen molar-refractivity contribution >= 4 is 11.9 Å². The van der Waals surface area contributed by atoms with Gasteiger partial charge in [-0.2, -0.15) is 0 Å². The second-order valence-electron chi connectivity index (χ2n) is 19.3. The molecule has 0 heterocycles. The minimum atomic E-state index is -0.681. The number of esters is 1. The molecule has 0 aromatic heterocycles. The highest BCUT2D eigenvalue weighted by molar-refractivity contribution is 5.76. The summed E-state index contributed by atoms with van der Waals surface area (Å²) in [5.74, 6) is -0.0819. The average Bonchev–Trinajstić information content (AvgIpc) is 3.26. The third-order valence-corrected chi connectivity index (χ3v) is 13.2. The molecule has 0 aromatic rings. The predicted octanol–water partition coefficient (Wildman–Crippen LogP) is 16.7. The van der Waals surface area contributed by atoms with E-state index in [-0.39, 0.29) is 18.5 Å². The van der Waals surface area contributed by atoms with Crippen molar-refractivity contribution in [2.75, 3.05) is 13.2 Å². The molecule has 0 aromatic carbocycles. The zero-order valence-electron chi connectivity index (χ0n) is 41.4. The van der Waals surface area contributed by atoms with Crippen LogP contribution >= 0.6 is 0 Å². The number of carbonyl (C=O) groups excluding carboxylic acids is 2. The van der Waals surface area contributed by atoms with Crippen LogP contribution in [0.25, 0.3) is 0 Å². The van der Waals surface area contributed by atoms with Crippen LogP contribution in [0.1, 0.15) is 316 Å². The molecular formula is C55H109NO5. The Balaban J connectivity index is 3.46. The molecule has 0 aliphatic rings. The minimum Gasteiger partial charge on any atom is -0.466 e. The van der Waals surface area contributed by atoms with E-state index in [1.807, 2.05) is 0 Å². The van der Waals surface area contributed by atoms with Crippen LogP contribution < -0.4 is 5.32 Å². The van der Waals surface area contributed by atoms with Crippen LogP contribution in [-0.4, -0.2) is 47.4 Å². The first kappa shape index (κ1) is 59.9. The standard InChI is InChI=1S/C55H109NO5/c1-3-5-7-9-11-13-15-16-17-18-19-20-21-22-23-24-25-26-27-29-31-35-39-43-47-53(58)52(51-57)56-54(59)48-44-40-36-32-30-34-38-42-46-50-61-55(60)49-45-41-37-33-28-14-12-10-8-6-4-2/h52-53,57-58H,3-51H2,1-2H3,(H,56,59). The summed E-state index contributed by atoms with van der Waals surface area (Å²) in [5, 5.41) is 23.3. The third-order valence-electron chi connectivity index (χ3n) is 13.2. The van der Waals surface area contributed by atoms with Gasteiger partial charge in [0.15, 0.2) is 0 Å². The maximum Gasteiger partial charge on any atom is 0.305 e. The molecule has 0 aliphatic heterocycles. The van der Waals surface area contributed by atoms with Gasteiger partial charge in [0.1, 0.15) is 0 Å². The molecule has 0 spiro atoms. The largest absolute Gasteiger partial charge is 0.466 e. The summed E-state index contributed by atoms with van der Waals surface area (Å²) in [6.07, 6.45) is 58.0. The minimum absolute atomic E-state index is 0.0238. The number of hydrogen-bond acceptors (Lipinski definition) is 5. The van der Waals surface area contributed by atoms with Gasteiger partial charge in [-0.05, 0) is 25.7 Å². The normalized spacial score (nSPS) is 12.5. The van der Waals surface area contributed by atoms with E-state index >= 15 is 0 Å². The number of aliphatic hydroxyl groups excluding tert-OH is 2. The Bertz CT molecular complexity index is 867. The quantitative estimate of drug-likeness (QED) is 0.0418. The van der Waals surface area contributed by atoms with Gasteiger partial charge in [-0.15, -0.1) is 0 Å². The Morgan fingerprint density at radius 2 is 0.672 bits per heavy atom. The average molecular weight is 864 g/mol. The molecule has 2 unspecified atom stereocenters. The van der Waals surface area contributed by atoms with Crippen LogP contribution in [0.15, 0.2) is 0 Å². The lowest BCUT2D eigenvalue weighted by Gasteiger charge is -2.22. The molecule has 3 N–H and O–H groups in total. The number of rotatable bonds is 52. The van der Waals surface area contributed by atoms with Gasteiger partial charge in [-0.1, -0.05) is 277 Å². The predicted molar refractivity (Wildman–Crippen MR) is 264 cm³/mol. The van der Waals surface area contributed by atoms with E-state index in [1.165, 1.54) is 225 Å². The summed E-state index contributed by atoms with van der Waals surface area (Å²) < 4.78 is 5.44. The van der Waals surface area contributed by atoms with E-state index in [1.54, 1.807) is 0 Å². The van der Waals surface area contributed by atoms with Crippen molar-refractivity contribution in [1.82, 2.24) is 5.32 Å². The van der Waals surface area contributed by atoms with Gasteiger partial charge in [0.05, 0.1) is 25.4 Å². The smallest absolute Gasteiger partial charge is 0.305 e. The van der Waals surface area contributed by atoms with Crippen molar-refractivity contribution < 1.29 is 24.5 Å². The first-order chi connectivity index (χ1) is 30.0. The maximum absolute atomic E-state index is 12.5. The van der Waals surface area contributed by atoms with Crippen LogP contribution in [0.3, 0.4) is 0 Å². The van der Waals surface area contributed by atoms with Crippen molar-refractivity contribution in [3.8, 4) is 0 Å². The first-order valence-corrected chi connectivity index (χ1v) is 27.8. The Morgan fingerprint density at radius 3 is 1.00 bits per heavy atom. The van der Waals surface area contributed by atoms with Gasteiger partial charge in [-0.25, -0.2) is 0 Å². The fraction of sp³-hybridized carbons (Fsp3) is 0.964. The Labute approximate surface area is 381 Å². The molecule has 6 nitrogen and oxygen atoms in total. The Hall–Kier alpha value is -1.14. The van der Waals surface area contributed by atoms with Gasteiger partial charge in [0, 0.05) is 12.8 Å². The first-order valence-electron chi connectivity index (χ1n) is 27.8. The second-order valence-corrected chi connectivity index (χ2v) is 19.3. The van der Waals surface area contributed by atoms with E-state index in [9.17, 15) is 19.8 Å². The number of nitrogens with one attached hydrogen (secondary N) is 1. The number of hydrogen-bond donors (Lipinski definition) is 3. The SMILES string of the molecule is CCCCCCCCCCCCCCCCCCCCCCCCCCC(O)C(CO)NC(=O)CCCCCCCCCCCOC(=O)CCCCCCCCCCCCC. The van der Waals surface area contributed by atoms with Crippen molar-refractivity contribution in [3.63, 3.8) is 0 Å². The number of ether oxygens (including phenoxy) is 1. The van der Waals surface area contributed by atoms with Gasteiger partial charge in [0.25, 0.3) is 0 Å². The lowest BCUT2D eigenvalue weighted by Crippen LogP contribution is -2.45. The summed E-state index contributed by atoms with van der Waals surface area (Å²) in [7, 11) is 0. The Kier molecular flexibility index (Phi) is 50.5. The topological polar surface area (TPSA) is 95.9 Å². The molecule has 6 heteroatoms. The van der Waals surface area contributed by atoms with Crippen molar-refractivity contribution in [2.24, 2.45) is 0 Å². The molecule has 0 fully saturated rings. The molecule has 364 valence electrons. The van der Waals surface area contributed by atoms with Crippen LogP contribution in [-0.2, 0) is 14.3 Å². The second kappa shape index (κ2) is 51.5. The van der Waals surface area contributed by atoms with Crippen molar-refractivity contribution in [2.45, 2.75) is 328 Å². The van der Waals surface area contributed by atoms with Gasteiger partial charge in [0.2, 0.25) is 5.91 Å². The van der Waals surface area contributed by atoms with E-state index in [4.69, 9.17) is 4.74 Å².